The Morgan fingerprint density at radius 3 is 2.93 bits per heavy atom. The van der Waals surface area contributed by atoms with Crippen molar-refractivity contribution in [3.8, 4) is 5.75 Å². The lowest BCUT2D eigenvalue weighted by atomic mass is 10.1. The van der Waals surface area contributed by atoms with Crippen LogP contribution in [0.2, 0.25) is 0 Å². The van der Waals surface area contributed by atoms with Crippen LogP contribution in [0.5, 0.6) is 5.75 Å². The Kier molecular flexibility index (Phi) is 4.59. The molecule has 0 saturated carbocycles. The summed E-state index contributed by atoms with van der Waals surface area (Å²) in [6, 6.07) is 2.33. The van der Waals surface area contributed by atoms with Gasteiger partial charge in [-0.2, -0.15) is 5.10 Å². The Bertz CT molecular complexity index is 1150. The number of hydrogen-bond acceptors (Lipinski definition) is 6. The Hall–Kier alpha value is -3.60. The SMILES string of the molecule is COCc1nn2c(C(=O)NC3COc4cc(F)cc(F)c43)ccnc2c1C(N)=O. The molecule has 3 aromatic rings. The van der Waals surface area contributed by atoms with Crippen molar-refractivity contribution >= 4 is 17.5 Å². The van der Waals surface area contributed by atoms with Crippen molar-refractivity contribution in [2.45, 2.75) is 12.6 Å². The molecule has 0 saturated heterocycles. The lowest BCUT2D eigenvalue weighted by molar-refractivity contribution is 0.0921. The molecule has 4 rings (SSSR count). The van der Waals surface area contributed by atoms with Gasteiger partial charge in [-0.25, -0.2) is 18.3 Å². The van der Waals surface area contributed by atoms with E-state index in [1.54, 1.807) is 0 Å². The number of amides is 2. The van der Waals surface area contributed by atoms with E-state index >= 15 is 0 Å². The summed E-state index contributed by atoms with van der Waals surface area (Å²) in [5.41, 5.74) is 5.87. The summed E-state index contributed by atoms with van der Waals surface area (Å²) in [5, 5.41) is 6.84. The molecule has 3 heterocycles. The summed E-state index contributed by atoms with van der Waals surface area (Å²) in [6.07, 6.45) is 1.32. The quantitative estimate of drug-likeness (QED) is 0.659. The van der Waals surface area contributed by atoms with Crippen molar-refractivity contribution in [3.63, 3.8) is 0 Å². The van der Waals surface area contributed by atoms with Crippen LogP contribution in [0.1, 0.15) is 38.1 Å². The second-order valence-electron chi connectivity index (χ2n) is 6.32. The molecule has 0 aliphatic carbocycles. The number of hydrogen-bond donors (Lipinski definition) is 2. The monoisotopic (exact) mass is 403 g/mol. The number of fused-ring (bicyclic) bond motifs is 2. The molecule has 29 heavy (non-hydrogen) atoms. The van der Waals surface area contributed by atoms with E-state index in [9.17, 15) is 18.4 Å². The van der Waals surface area contributed by atoms with Crippen molar-refractivity contribution in [1.82, 2.24) is 19.9 Å². The highest BCUT2D eigenvalue weighted by atomic mass is 19.1. The standard InChI is InChI=1S/C18H15F2N5O4/c1-28-6-11-15(16(21)26)17-22-3-2-12(25(17)24-11)18(27)23-10-7-29-13-5-8(19)4-9(20)14(10)13/h2-5,10H,6-7H2,1H3,(H2,21,26)(H,23,27). The molecular weight excluding hydrogens is 388 g/mol. The number of carbonyl (C=O) groups is 2. The second kappa shape index (κ2) is 7.09. The normalized spacial score (nSPS) is 15.2. The molecule has 3 N–H and O–H groups in total. The Balaban J connectivity index is 1.71. The van der Waals surface area contributed by atoms with Crippen molar-refractivity contribution in [1.29, 1.82) is 0 Å². The maximum Gasteiger partial charge on any atom is 0.270 e. The van der Waals surface area contributed by atoms with Gasteiger partial charge in [-0.15, -0.1) is 0 Å². The highest BCUT2D eigenvalue weighted by molar-refractivity contribution is 6.01. The van der Waals surface area contributed by atoms with Crippen molar-refractivity contribution in [3.05, 3.63) is 58.5 Å². The molecule has 11 heteroatoms. The molecule has 1 atom stereocenters. The van der Waals surface area contributed by atoms with Crippen LogP contribution in [0.15, 0.2) is 24.4 Å². The minimum absolute atomic E-state index is 0.0106. The first kappa shape index (κ1) is 18.7. The fourth-order valence-electron chi connectivity index (χ4n) is 3.27. The largest absolute Gasteiger partial charge is 0.490 e. The lowest BCUT2D eigenvalue weighted by Crippen LogP contribution is -2.31. The summed E-state index contributed by atoms with van der Waals surface area (Å²) in [6.45, 7) is -0.0699. The average Bonchev–Trinajstić information content (AvgIpc) is 3.22. The first-order chi connectivity index (χ1) is 13.9. The van der Waals surface area contributed by atoms with Crippen LogP contribution in [0.4, 0.5) is 8.78 Å². The van der Waals surface area contributed by atoms with Gasteiger partial charge in [0.15, 0.2) is 5.65 Å². The maximum atomic E-state index is 14.2. The number of halogens is 2. The number of aromatic nitrogens is 3. The van der Waals surface area contributed by atoms with Gasteiger partial charge in [0.1, 0.15) is 40.9 Å². The second-order valence-corrected chi connectivity index (χ2v) is 6.32. The van der Waals surface area contributed by atoms with Gasteiger partial charge in [0, 0.05) is 25.4 Å². The topological polar surface area (TPSA) is 121 Å². The van der Waals surface area contributed by atoms with E-state index in [1.807, 2.05) is 0 Å². The smallest absolute Gasteiger partial charge is 0.270 e. The summed E-state index contributed by atoms with van der Waals surface area (Å²) >= 11 is 0. The van der Waals surface area contributed by atoms with E-state index in [0.717, 1.165) is 12.1 Å². The maximum absolute atomic E-state index is 14.2. The Morgan fingerprint density at radius 1 is 1.41 bits per heavy atom. The highest BCUT2D eigenvalue weighted by Gasteiger charge is 2.31. The fourth-order valence-corrected chi connectivity index (χ4v) is 3.27. The molecule has 0 spiro atoms. The van der Waals surface area contributed by atoms with Gasteiger partial charge in [0.05, 0.1) is 18.2 Å². The van der Waals surface area contributed by atoms with E-state index in [-0.39, 0.29) is 47.1 Å². The molecule has 150 valence electrons. The van der Waals surface area contributed by atoms with Gasteiger partial charge in [-0.05, 0) is 6.07 Å². The summed E-state index contributed by atoms with van der Waals surface area (Å²) in [7, 11) is 1.42. The minimum atomic E-state index is -0.828. The summed E-state index contributed by atoms with van der Waals surface area (Å²) in [4.78, 5) is 28.7. The first-order valence-electron chi connectivity index (χ1n) is 8.48. The highest BCUT2D eigenvalue weighted by Crippen LogP contribution is 2.35. The molecule has 1 aliphatic rings. The lowest BCUT2D eigenvalue weighted by Gasteiger charge is -2.13. The number of primary amides is 1. The van der Waals surface area contributed by atoms with E-state index in [0.29, 0.717) is 0 Å². The van der Waals surface area contributed by atoms with E-state index < -0.39 is 29.5 Å². The molecular formula is C18H15F2N5O4. The van der Waals surface area contributed by atoms with Crippen LogP contribution in [0, 0.1) is 11.6 Å². The van der Waals surface area contributed by atoms with E-state index in [2.05, 4.69) is 15.4 Å². The molecule has 2 aromatic heterocycles. The van der Waals surface area contributed by atoms with Crippen molar-refractivity contribution in [2.75, 3.05) is 13.7 Å². The van der Waals surface area contributed by atoms with E-state index in [1.165, 1.54) is 23.9 Å². The Labute approximate surface area is 162 Å². The fraction of sp³-hybridized carbons (Fsp3) is 0.222. The van der Waals surface area contributed by atoms with Gasteiger partial charge >= 0.3 is 0 Å². The zero-order valence-corrected chi connectivity index (χ0v) is 15.1. The molecule has 2 amide bonds. The summed E-state index contributed by atoms with van der Waals surface area (Å²) in [5.74, 6) is -2.94. The van der Waals surface area contributed by atoms with Crippen LogP contribution in [0.3, 0.4) is 0 Å². The van der Waals surface area contributed by atoms with Gasteiger partial charge < -0.3 is 20.5 Å². The number of rotatable bonds is 5. The van der Waals surface area contributed by atoms with Gasteiger partial charge in [-0.1, -0.05) is 0 Å². The van der Waals surface area contributed by atoms with Crippen molar-refractivity contribution < 1.29 is 27.8 Å². The number of nitrogens with zero attached hydrogens (tertiary/aromatic N) is 3. The number of ether oxygens (including phenoxy) is 2. The third-order valence-electron chi connectivity index (χ3n) is 4.47. The predicted octanol–water partition coefficient (Wildman–Crippen LogP) is 1.12. The first-order valence-corrected chi connectivity index (χ1v) is 8.48. The molecule has 1 aromatic carbocycles. The van der Waals surface area contributed by atoms with Gasteiger partial charge in [0.2, 0.25) is 0 Å². The third-order valence-corrected chi connectivity index (χ3v) is 4.47. The van der Waals surface area contributed by atoms with Crippen LogP contribution < -0.4 is 15.8 Å². The predicted molar refractivity (Wildman–Crippen MR) is 94.3 cm³/mol. The number of benzene rings is 1. The molecule has 0 radical (unpaired) electrons. The molecule has 0 fully saturated rings. The van der Waals surface area contributed by atoms with Crippen molar-refractivity contribution in [2.24, 2.45) is 5.73 Å². The van der Waals surface area contributed by atoms with Crippen LogP contribution >= 0.6 is 0 Å². The Morgan fingerprint density at radius 2 is 2.21 bits per heavy atom. The number of carbonyl (C=O) groups excluding carboxylic acids is 2. The summed E-state index contributed by atoms with van der Waals surface area (Å²) < 4.78 is 39.0. The number of nitrogens with two attached hydrogens (primary N) is 1. The molecule has 1 aliphatic heterocycles. The molecule has 1 unspecified atom stereocenters. The zero-order valence-electron chi connectivity index (χ0n) is 15.1. The number of nitrogens with one attached hydrogen (secondary N) is 1. The van der Waals surface area contributed by atoms with Gasteiger partial charge in [0.25, 0.3) is 11.8 Å². The molecule has 9 nitrogen and oxygen atoms in total. The zero-order chi connectivity index (χ0) is 20.7. The van der Waals surface area contributed by atoms with Crippen LogP contribution in [-0.4, -0.2) is 40.1 Å². The van der Waals surface area contributed by atoms with Gasteiger partial charge in [-0.3, -0.25) is 9.59 Å². The molecule has 0 bridgehead atoms. The minimum Gasteiger partial charge on any atom is -0.490 e. The average molecular weight is 403 g/mol. The van der Waals surface area contributed by atoms with Crippen LogP contribution in [0.25, 0.3) is 5.65 Å². The van der Waals surface area contributed by atoms with Crippen LogP contribution in [-0.2, 0) is 11.3 Å². The van der Waals surface area contributed by atoms with E-state index in [4.69, 9.17) is 15.2 Å². The number of methoxy groups -OCH3 is 1. The third kappa shape index (κ3) is 3.14.